The van der Waals surface area contributed by atoms with Crippen molar-refractivity contribution < 1.29 is 9.59 Å². The molecular formula is C24H28N6O2S. The second-order valence-electron chi connectivity index (χ2n) is 8.00. The van der Waals surface area contributed by atoms with Crippen molar-refractivity contribution in [3.8, 4) is 5.69 Å². The van der Waals surface area contributed by atoms with E-state index in [2.05, 4.69) is 37.9 Å². The van der Waals surface area contributed by atoms with Gasteiger partial charge in [0.25, 0.3) is 0 Å². The smallest absolute Gasteiger partial charge is 0.234 e. The van der Waals surface area contributed by atoms with E-state index in [1.165, 1.54) is 50.1 Å². The Morgan fingerprint density at radius 3 is 2.42 bits per heavy atom. The van der Waals surface area contributed by atoms with Gasteiger partial charge in [-0.25, -0.2) is 0 Å². The van der Waals surface area contributed by atoms with Gasteiger partial charge in [0.05, 0.1) is 11.4 Å². The van der Waals surface area contributed by atoms with Gasteiger partial charge in [-0.15, -0.1) is 10.2 Å². The summed E-state index contributed by atoms with van der Waals surface area (Å²) in [5.41, 5.74) is 3.48. The fourth-order valence-electron chi connectivity index (χ4n) is 3.85. The lowest BCUT2D eigenvalue weighted by atomic mass is 10.2. The minimum absolute atomic E-state index is 0.107. The van der Waals surface area contributed by atoms with E-state index in [1.54, 1.807) is 10.9 Å². The summed E-state index contributed by atoms with van der Waals surface area (Å²) in [6, 6.07) is 15.5. The second kappa shape index (κ2) is 11.0. The van der Waals surface area contributed by atoms with E-state index in [9.17, 15) is 9.59 Å². The van der Waals surface area contributed by atoms with Gasteiger partial charge < -0.3 is 15.5 Å². The summed E-state index contributed by atoms with van der Waals surface area (Å²) in [6.45, 7) is 3.65. The molecule has 0 spiro atoms. The third kappa shape index (κ3) is 6.35. The van der Waals surface area contributed by atoms with Gasteiger partial charge in [0, 0.05) is 37.1 Å². The van der Waals surface area contributed by atoms with Gasteiger partial charge >= 0.3 is 0 Å². The van der Waals surface area contributed by atoms with Crippen molar-refractivity contribution in [1.29, 1.82) is 0 Å². The molecule has 33 heavy (non-hydrogen) atoms. The molecule has 1 fully saturated rings. The number of nitrogens with zero attached hydrogens (tertiary/aromatic N) is 4. The molecule has 2 amide bonds. The number of hydrogen-bond acceptors (Lipinski definition) is 6. The SMILES string of the molecule is CC(=O)Nc1cccc(-n2cnnc2SCC(=O)Nc2ccc(N3CCCCCC3)cc2)c1. The van der Waals surface area contributed by atoms with Crippen LogP contribution < -0.4 is 15.5 Å². The molecule has 1 aliphatic heterocycles. The molecule has 1 saturated heterocycles. The quantitative estimate of drug-likeness (QED) is 0.506. The van der Waals surface area contributed by atoms with Crippen LogP contribution in [0.2, 0.25) is 0 Å². The highest BCUT2D eigenvalue weighted by Gasteiger charge is 2.13. The zero-order chi connectivity index (χ0) is 23.0. The van der Waals surface area contributed by atoms with Gasteiger partial charge in [0.2, 0.25) is 11.8 Å². The third-order valence-electron chi connectivity index (χ3n) is 5.42. The summed E-state index contributed by atoms with van der Waals surface area (Å²) in [5, 5.41) is 14.4. The van der Waals surface area contributed by atoms with Crippen LogP contribution in [0.5, 0.6) is 0 Å². The average Bonchev–Trinajstić information content (AvgIpc) is 3.11. The van der Waals surface area contributed by atoms with Gasteiger partial charge in [0.15, 0.2) is 5.16 Å². The van der Waals surface area contributed by atoms with Crippen LogP contribution in [0.1, 0.15) is 32.6 Å². The van der Waals surface area contributed by atoms with Crippen molar-refractivity contribution in [3.05, 3.63) is 54.9 Å². The first-order chi connectivity index (χ1) is 16.1. The van der Waals surface area contributed by atoms with Crippen LogP contribution in [0.4, 0.5) is 17.1 Å². The van der Waals surface area contributed by atoms with E-state index < -0.39 is 0 Å². The maximum Gasteiger partial charge on any atom is 0.234 e. The Morgan fingerprint density at radius 1 is 0.939 bits per heavy atom. The zero-order valence-corrected chi connectivity index (χ0v) is 19.5. The molecule has 0 unspecified atom stereocenters. The highest BCUT2D eigenvalue weighted by atomic mass is 32.2. The van der Waals surface area contributed by atoms with Crippen LogP contribution in [0, 0.1) is 0 Å². The Bertz CT molecular complexity index is 1090. The molecule has 9 heteroatoms. The van der Waals surface area contributed by atoms with Gasteiger partial charge in [-0.3, -0.25) is 14.2 Å². The van der Waals surface area contributed by atoms with E-state index >= 15 is 0 Å². The summed E-state index contributed by atoms with van der Waals surface area (Å²) in [6.07, 6.45) is 6.66. The van der Waals surface area contributed by atoms with Crippen molar-refractivity contribution in [2.45, 2.75) is 37.8 Å². The highest BCUT2D eigenvalue weighted by molar-refractivity contribution is 7.99. The van der Waals surface area contributed by atoms with Crippen molar-refractivity contribution in [3.63, 3.8) is 0 Å². The Balaban J connectivity index is 1.34. The second-order valence-corrected chi connectivity index (χ2v) is 8.94. The number of benzene rings is 2. The Kier molecular flexibility index (Phi) is 7.62. The fraction of sp³-hybridized carbons (Fsp3) is 0.333. The number of rotatable bonds is 7. The minimum Gasteiger partial charge on any atom is -0.372 e. The van der Waals surface area contributed by atoms with Crippen molar-refractivity contribution in [2.24, 2.45) is 0 Å². The number of carbonyl (C=O) groups is 2. The highest BCUT2D eigenvalue weighted by Crippen LogP contribution is 2.24. The van der Waals surface area contributed by atoms with Crippen LogP contribution in [-0.2, 0) is 9.59 Å². The molecule has 0 atom stereocenters. The number of amides is 2. The van der Waals surface area contributed by atoms with Crippen LogP contribution in [0.25, 0.3) is 5.69 Å². The predicted octanol–water partition coefficient (Wildman–Crippen LogP) is 4.34. The van der Waals surface area contributed by atoms with Crippen LogP contribution >= 0.6 is 11.8 Å². The van der Waals surface area contributed by atoms with E-state index in [-0.39, 0.29) is 17.6 Å². The number of nitrogens with one attached hydrogen (secondary N) is 2. The third-order valence-corrected chi connectivity index (χ3v) is 6.36. The molecule has 2 N–H and O–H groups in total. The molecular weight excluding hydrogens is 436 g/mol. The van der Waals surface area contributed by atoms with Gasteiger partial charge in [0.1, 0.15) is 6.33 Å². The van der Waals surface area contributed by atoms with Gasteiger partial charge in [-0.05, 0) is 55.3 Å². The Morgan fingerprint density at radius 2 is 1.70 bits per heavy atom. The molecule has 0 bridgehead atoms. The van der Waals surface area contributed by atoms with Crippen LogP contribution in [-0.4, -0.2) is 45.4 Å². The molecule has 0 radical (unpaired) electrons. The monoisotopic (exact) mass is 464 g/mol. The maximum atomic E-state index is 12.5. The maximum absolute atomic E-state index is 12.5. The van der Waals surface area contributed by atoms with E-state index in [1.807, 2.05) is 36.4 Å². The van der Waals surface area contributed by atoms with Crippen molar-refractivity contribution >= 4 is 40.6 Å². The molecule has 2 aromatic carbocycles. The van der Waals surface area contributed by atoms with E-state index in [0.29, 0.717) is 10.8 Å². The first-order valence-corrected chi connectivity index (χ1v) is 12.1. The number of thioether (sulfide) groups is 1. The zero-order valence-electron chi connectivity index (χ0n) is 18.7. The molecule has 1 aliphatic rings. The standard InChI is InChI=1S/C24H28N6O2S/c1-18(31)26-20-7-6-8-22(15-20)30-17-25-28-24(30)33-16-23(32)27-19-9-11-21(12-10-19)29-13-4-2-3-5-14-29/h6-12,15,17H,2-5,13-14,16H2,1H3,(H,26,31)(H,27,32). The molecule has 4 rings (SSSR count). The topological polar surface area (TPSA) is 92.1 Å². The summed E-state index contributed by atoms with van der Waals surface area (Å²) < 4.78 is 1.79. The molecule has 1 aromatic heterocycles. The molecule has 0 saturated carbocycles. The molecule has 172 valence electrons. The summed E-state index contributed by atoms with van der Waals surface area (Å²) in [7, 11) is 0. The van der Waals surface area contributed by atoms with Crippen LogP contribution in [0.15, 0.2) is 60.0 Å². The normalized spacial score (nSPS) is 13.9. The Hall–Kier alpha value is -3.33. The summed E-state index contributed by atoms with van der Waals surface area (Å²) in [5.74, 6) is -0.0384. The minimum atomic E-state index is -0.137. The number of aromatic nitrogens is 3. The lowest BCUT2D eigenvalue weighted by Gasteiger charge is -2.22. The fourth-order valence-corrected chi connectivity index (χ4v) is 4.58. The number of carbonyl (C=O) groups excluding carboxylic acids is 2. The molecule has 0 aliphatic carbocycles. The van der Waals surface area contributed by atoms with Crippen molar-refractivity contribution in [2.75, 3.05) is 34.4 Å². The lowest BCUT2D eigenvalue weighted by Crippen LogP contribution is -2.23. The van der Waals surface area contributed by atoms with Gasteiger partial charge in [-0.2, -0.15) is 0 Å². The first-order valence-electron chi connectivity index (χ1n) is 11.1. The van der Waals surface area contributed by atoms with E-state index in [4.69, 9.17) is 0 Å². The summed E-state index contributed by atoms with van der Waals surface area (Å²) >= 11 is 1.31. The first kappa shape index (κ1) is 22.8. The van der Waals surface area contributed by atoms with E-state index in [0.717, 1.165) is 24.5 Å². The number of anilines is 3. The van der Waals surface area contributed by atoms with Crippen molar-refractivity contribution in [1.82, 2.24) is 14.8 Å². The average molecular weight is 465 g/mol. The molecule has 3 aromatic rings. The molecule has 2 heterocycles. The predicted molar refractivity (Wildman–Crippen MR) is 132 cm³/mol. The van der Waals surface area contributed by atoms with Crippen LogP contribution in [0.3, 0.4) is 0 Å². The largest absolute Gasteiger partial charge is 0.372 e. The van der Waals surface area contributed by atoms with Gasteiger partial charge in [-0.1, -0.05) is 30.7 Å². The number of hydrogen-bond donors (Lipinski definition) is 2. The summed E-state index contributed by atoms with van der Waals surface area (Å²) in [4.78, 5) is 26.3. The lowest BCUT2D eigenvalue weighted by molar-refractivity contribution is -0.114. The Labute approximate surface area is 197 Å². The molecule has 8 nitrogen and oxygen atoms in total.